The van der Waals surface area contributed by atoms with Gasteiger partial charge in [0.15, 0.2) is 11.6 Å². The highest BCUT2D eigenvalue weighted by Crippen LogP contribution is 2.18. The number of nitrogens with one attached hydrogen (secondary N) is 2. The van der Waals surface area contributed by atoms with Crippen molar-refractivity contribution in [1.82, 2.24) is 9.97 Å². The molecule has 0 atom stereocenters. The fourth-order valence-corrected chi connectivity index (χ4v) is 1.19. The number of benzene rings is 1. The van der Waals surface area contributed by atoms with Crippen molar-refractivity contribution < 1.29 is 8.78 Å². The maximum Gasteiger partial charge on any atom is 0.239 e. The van der Waals surface area contributed by atoms with Crippen LogP contribution in [0.5, 0.6) is 0 Å². The van der Waals surface area contributed by atoms with E-state index >= 15 is 0 Å². The number of hydrogen-bond donors (Lipinski definition) is 3. The first-order valence-corrected chi connectivity index (χ1v) is 4.71. The fourth-order valence-electron chi connectivity index (χ4n) is 1.19. The van der Waals surface area contributed by atoms with Crippen LogP contribution in [-0.4, -0.2) is 9.97 Å². The first-order chi connectivity index (χ1) is 8.19. The van der Waals surface area contributed by atoms with Gasteiger partial charge in [0.05, 0.1) is 6.20 Å². The average molecular weight is 237 g/mol. The number of anilines is 3. The molecule has 0 fully saturated rings. The Bertz CT molecular complexity index is 515. The highest BCUT2D eigenvalue weighted by atomic mass is 19.1. The molecular weight excluding hydrogens is 228 g/mol. The highest BCUT2D eigenvalue weighted by Gasteiger charge is 2.06. The van der Waals surface area contributed by atoms with Gasteiger partial charge in [-0.2, -0.15) is 4.98 Å². The summed E-state index contributed by atoms with van der Waals surface area (Å²) in [5.41, 5.74) is 2.71. The number of halogens is 2. The van der Waals surface area contributed by atoms with Gasteiger partial charge in [-0.3, -0.25) is 5.43 Å². The smallest absolute Gasteiger partial charge is 0.239 e. The zero-order valence-corrected chi connectivity index (χ0v) is 8.61. The lowest BCUT2D eigenvalue weighted by Gasteiger charge is -2.07. The quantitative estimate of drug-likeness (QED) is 0.560. The number of nitrogens with two attached hydrogens (primary N) is 1. The Morgan fingerprint density at radius 1 is 1.12 bits per heavy atom. The lowest BCUT2D eigenvalue weighted by atomic mass is 10.3. The van der Waals surface area contributed by atoms with Crippen LogP contribution in [-0.2, 0) is 0 Å². The van der Waals surface area contributed by atoms with Gasteiger partial charge in [0.1, 0.15) is 5.82 Å². The number of aromatic nitrogens is 2. The molecule has 0 aliphatic rings. The van der Waals surface area contributed by atoms with E-state index in [1.807, 2.05) is 0 Å². The van der Waals surface area contributed by atoms with Crippen molar-refractivity contribution in [1.29, 1.82) is 0 Å². The normalized spacial score (nSPS) is 10.1. The molecule has 0 amide bonds. The van der Waals surface area contributed by atoms with Crippen LogP contribution in [0.25, 0.3) is 0 Å². The van der Waals surface area contributed by atoms with Crippen LogP contribution < -0.4 is 16.6 Å². The molecule has 17 heavy (non-hydrogen) atoms. The van der Waals surface area contributed by atoms with Gasteiger partial charge in [-0.15, -0.1) is 0 Å². The Hall–Kier alpha value is -2.28. The van der Waals surface area contributed by atoms with Gasteiger partial charge in [0, 0.05) is 5.69 Å². The molecule has 2 rings (SSSR count). The molecule has 0 spiro atoms. The van der Waals surface area contributed by atoms with Gasteiger partial charge in [-0.1, -0.05) is 0 Å². The van der Waals surface area contributed by atoms with Gasteiger partial charge < -0.3 is 5.32 Å². The largest absolute Gasteiger partial charge is 0.338 e. The summed E-state index contributed by atoms with van der Waals surface area (Å²) in [6.45, 7) is 0. The van der Waals surface area contributed by atoms with Crippen molar-refractivity contribution in [3.63, 3.8) is 0 Å². The molecule has 0 aliphatic carbocycles. The molecule has 0 saturated heterocycles. The zero-order valence-electron chi connectivity index (χ0n) is 8.61. The summed E-state index contributed by atoms with van der Waals surface area (Å²) in [5.74, 6) is 4.14. The SMILES string of the molecule is NNc1ncc(F)c(Nc2ccc(F)cc2)n1. The summed E-state index contributed by atoms with van der Waals surface area (Å²) >= 11 is 0. The minimum Gasteiger partial charge on any atom is -0.338 e. The number of nitrogens with zero attached hydrogens (tertiary/aromatic N) is 2. The third-order valence-corrected chi connectivity index (χ3v) is 1.98. The third kappa shape index (κ3) is 2.64. The molecule has 5 nitrogen and oxygen atoms in total. The van der Waals surface area contributed by atoms with E-state index in [9.17, 15) is 8.78 Å². The van der Waals surface area contributed by atoms with Crippen LogP contribution in [0.4, 0.5) is 26.2 Å². The Balaban J connectivity index is 2.25. The molecule has 2 aromatic rings. The van der Waals surface area contributed by atoms with Crippen LogP contribution in [0.3, 0.4) is 0 Å². The number of hydrazine groups is 1. The predicted octanol–water partition coefficient (Wildman–Crippen LogP) is 1.78. The van der Waals surface area contributed by atoms with Crippen LogP contribution in [0.1, 0.15) is 0 Å². The van der Waals surface area contributed by atoms with Gasteiger partial charge in [-0.05, 0) is 24.3 Å². The molecule has 0 unspecified atom stereocenters. The van der Waals surface area contributed by atoms with E-state index < -0.39 is 5.82 Å². The van der Waals surface area contributed by atoms with E-state index in [0.29, 0.717) is 5.69 Å². The first kappa shape index (κ1) is 11.2. The van der Waals surface area contributed by atoms with Crippen LogP contribution >= 0.6 is 0 Å². The van der Waals surface area contributed by atoms with E-state index in [1.54, 1.807) is 0 Å². The molecule has 0 radical (unpaired) electrons. The Morgan fingerprint density at radius 2 is 1.82 bits per heavy atom. The predicted molar refractivity (Wildman–Crippen MR) is 59.5 cm³/mol. The van der Waals surface area contributed by atoms with E-state index in [2.05, 4.69) is 20.7 Å². The lowest BCUT2D eigenvalue weighted by molar-refractivity contribution is 0.619. The summed E-state index contributed by atoms with van der Waals surface area (Å²) in [5, 5.41) is 2.69. The monoisotopic (exact) mass is 237 g/mol. The molecule has 7 heteroatoms. The van der Waals surface area contributed by atoms with E-state index in [0.717, 1.165) is 6.20 Å². The van der Waals surface area contributed by atoms with E-state index in [4.69, 9.17) is 5.84 Å². The summed E-state index contributed by atoms with van der Waals surface area (Å²) in [6, 6.07) is 5.44. The molecule has 88 valence electrons. The molecule has 0 aliphatic heterocycles. The van der Waals surface area contributed by atoms with Crippen molar-refractivity contribution in [2.24, 2.45) is 5.84 Å². The highest BCUT2D eigenvalue weighted by molar-refractivity contribution is 5.57. The second-order valence-electron chi connectivity index (χ2n) is 3.17. The Kier molecular flexibility index (Phi) is 3.10. The van der Waals surface area contributed by atoms with E-state index in [1.165, 1.54) is 24.3 Å². The minimum absolute atomic E-state index is 0.0421. The summed E-state index contributed by atoms with van der Waals surface area (Å²) < 4.78 is 26.0. The van der Waals surface area contributed by atoms with Gasteiger partial charge in [0.25, 0.3) is 0 Å². The van der Waals surface area contributed by atoms with Gasteiger partial charge >= 0.3 is 0 Å². The minimum atomic E-state index is -0.631. The Labute approximate surface area is 95.7 Å². The standard InChI is InChI=1S/C10H9F2N5/c11-6-1-3-7(4-2-6)15-9-8(12)5-14-10(16-9)17-13/h1-5H,13H2,(H2,14,15,16,17). The first-order valence-electron chi connectivity index (χ1n) is 4.71. The lowest BCUT2D eigenvalue weighted by Crippen LogP contribution is -2.11. The average Bonchev–Trinajstić information content (AvgIpc) is 2.35. The van der Waals surface area contributed by atoms with Gasteiger partial charge in [0.2, 0.25) is 5.95 Å². The molecule has 4 N–H and O–H groups in total. The second-order valence-corrected chi connectivity index (χ2v) is 3.17. The maximum atomic E-state index is 13.3. The number of nitrogen functional groups attached to an aromatic ring is 1. The molecular formula is C10H9F2N5. The number of rotatable bonds is 3. The molecule has 0 saturated carbocycles. The molecule has 1 heterocycles. The molecule has 1 aromatic heterocycles. The molecule has 1 aromatic carbocycles. The van der Waals surface area contributed by atoms with Crippen molar-refractivity contribution in [3.8, 4) is 0 Å². The molecule has 0 bridgehead atoms. The van der Waals surface area contributed by atoms with Crippen LogP contribution in [0.2, 0.25) is 0 Å². The fraction of sp³-hybridized carbons (Fsp3) is 0. The van der Waals surface area contributed by atoms with Crippen LogP contribution in [0.15, 0.2) is 30.5 Å². The van der Waals surface area contributed by atoms with Crippen molar-refractivity contribution in [2.45, 2.75) is 0 Å². The summed E-state index contributed by atoms with van der Waals surface area (Å²) in [6.07, 6.45) is 0.980. The van der Waals surface area contributed by atoms with E-state index in [-0.39, 0.29) is 17.6 Å². The van der Waals surface area contributed by atoms with Crippen molar-refractivity contribution >= 4 is 17.5 Å². The van der Waals surface area contributed by atoms with Gasteiger partial charge in [-0.25, -0.2) is 19.6 Å². The third-order valence-electron chi connectivity index (χ3n) is 1.98. The second kappa shape index (κ2) is 4.71. The van der Waals surface area contributed by atoms with Crippen molar-refractivity contribution in [2.75, 3.05) is 10.7 Å². The summed E-state index contributed by atoms with van der Waals surface area (Å²) in [7, 11) is 0. The zero-order chi connectivity index (χ0) is 12.3. The maximum absolute atomic E-state index is 13.3. The van der Waals surface area contributed by atoms with Crippen LogP contribution in [0, 0.1) is 11.6 Å². The Morgan fingerprint density at radius 3 is 2.47 bits per heavy atom. The van der Waals surface area contributed by atoms with Crippen molar-refractivity contribution in [3.05, 3.63) is 42.1 Å². The number of hydrogen-bond acceptors (Lipinski definition) is 5. The summed E-state index contributed by atoms with van der Waals surface area (Å²) in [4.78, 5) is 7.37. The topological polar surface area (TPSA) is 75.9 Å².